The number of nitrogens with zero attached hydrogens (tertiary/aromatic N) is 3. The first-order chi connectivity index (χ1) is 13.4. The smallest absolute Gasteiger partial charge is 0.250 e. The summed E-state index contributed by atoms with van der Waals surface area (Å²) >= 11 is 12.3. The first kappa shape index (κ1) is 18.5. The van der Waals surface area contributed by atoms with Crippen LogP contribution in [0.15, 0.2) is 48.5 Å². The zero-order chi connectivity index (χ0) is 19.8. The van der Waals surface area contributed by atoms with Crippen molar-refractivity contribution in [2.24, 2.45) is 0 Å². The second kappa shape index (κ2) is 7.26. The van der Waals surface area contributed by atoms with Crippen LogP contribution in [0.4, 0.5) is 16.3 Å². The van der Waals surface area contributed by atoms with Gasteiger partial charge in [0.05, 0.1) is 0 Å². The van der Waals surface area contributed by atoms with Crippen molar-refractivity contribution in [1.29, 1.82) is 0 Å². The molecule has 2 aromatic carbocycles. The topological polar surface area (TPSA) is 71.8 Å². The van der Waals surface area contributed by atoms with Crippen molar-refractivity contribution in [1.82, 2.24) is 14.8 Å². The molecule has 28 heavy (non-hydrogen) atoms. The molecular formula is C19H14Cl2FN5O. The lowest BCUT2D eigenvalue weighted by Gasteiger charge is -2.25. The van der Waals surface area contributed by atoms with Crippen LogP contribution in [0.25, 0.3) is 5.70 Å². The predicted molar refractivity (Wildman–Crippen MR) is 107 cm³/mol. The Labute approximate surface area is 170 Å². The van der Waals surface area contributed by atoms with Gasteiger partial charge in [-0.15, -0.1) is 5.10 Å². The van der Waals surface area contributed by atoms with Gasteiger partial charge in [-0.2, -0.15) is 4.98 Å². The summed E-state index contributed by atoms with van der Waals surface area (Å²) in [5.74, 6) is -0.318. The zero-order valence-corrected chi connectivity index (χ0v) is 16.1. The molecule has 1 atom stereocenters. The van der Waals surface area contributed by atoms with Crippen molar-refractivity contribution in [3.63, 3.8) is 0 Å². The summed E-state index contributed by atoms with van der Waals surface area (Å²) in [5, 5.41) is 10.9. The van der Waals surface area contributed by atoms with E-state index in [4.69, 9.17) is 23.2 Å². The van der Waals surface area contributed by atoms with Crippen molar-refractivity contribution < 1.29 is 9.18 Å². The monoisotopic (exact) mass is 417 g/mol. The molecule has 0 aliphatic carbocycles. The molecule has 1 unspecified atom stereocenters. The summed E-state index contributed by atoms with van der Waals surface area (Å²) in [5.41, 5.74) is 1.78. The third kappa shape index (κ3) is 3.46. The first-order valence-corrected chi connectivity index (χ1v) is 9.11. The van der Waals surface area contributed by atoms with E-state index < -0.39 is 11.9 Å². The molecule has 6 nitrogen and oxygen atoms in total. The summed E-state index contributed by atoms with van der Waals surface area (Å²) in [6, 6.07) is 11.0. The number of halogens is 3. The molecular weight excluding hydrogens is 404 g/mol. The van der Waals surface area contributed by atoms with Gasteiger partial charge in [0.25, 0.3) is 5.95 Å². The van der Waals surface area contributed by atoms with Crippen LogP contribution in [0.2, 0.25) is 10.0 Å². The Balaban J connectivity index is 1.86. The molecule has 3 aromatic rings. The van der Waals surface area contributed by atoms with E-state index in [0.717, 1.165) is 5.56 Å². The summed E-state index contributed by atoms with van der Waals surface area (Å²) in [4.78, 5) is 15.7. The summed E-state index contributed by atoms with van der Waals surface area (Å²) in [7, 11) is 0. The maximum absolute atomic E-state index is 14.6. The molecule has 9 heteroatoms. The van der Waals surface area contributed by atoms with E-state index >= 15 is 0 Å². The Kier molecular flexibility index (Phi) is 4.78. The molecule has 0 saturated carbocycles. The van der Waals surface area contributed by atoms with Gasteiger partial charge in [0, 0.05) is 28.2 Å². The summed E-state index contributed by atoms with van der Waals surface area (Å²) in [6.07, 6.45) is 1.80. The van der Waals surface area contributed by atoms with Crippen LogP contribution in [-0.2, 0) is 4.79 Å². The van der Waals surface area contributed by atoms with Crippen LogP contribution >= 0.6 is 23.2 Å². The number of allylic oxidation sites excluding steroid dienone is 1. The number of amides is 1. The molecule has 0 spiro atoms. The van der Waals surface area contributed by atoms with Gasteiger partial charge in [-0.1, -0.05) is 41.4 Å². The second-order valence-electron chi connectivity index (χ2n) is 6.18. The summed E-state index contributed by atoms with van der Waals surface area (Å²) < 4.78 is 16.1. The van der Waals surface area contributed by atoms with Crippen LogP contribution in [0, 0.1) is 5.82 Å². The SMILES string of the molecule is CC(=O)Nc1nc2n(n1)C(c1c(F)cccc1Cl)C=C(c1ccc(Cl)cc1)N2. The fourth-order valence-corrected chi connectivity index (χ4v) is 3.40. The molecule has 1 amide bonds. The van der Waals surface area contributed by atoms with E-state index in [0.29, 0.717) is 16.7 Å². The van der Waals surface area contributed by atoms with Crippen LogP contribution in [0.1, 0.15) is 24.1 Å². The molecule has 2 N–H and O–H groups in total. The van der Waals surface area contributed by atoms with Crippen molar-refractivity contribution in [3.05, 3.63) is 75.5 Å². The van der Waals surface area contributed by atoms with Crippen molar-refractivity contribution >= 4 is 46.7 Å². The molecule has 4 rings (SSSR count). The van der Waals surface area contributed by atoms with Gasteiger partial charge in [0.15, 0.2) is 0 Å². The number of rotatable bonds is 3. The molecule has 0 bridgehead atoms. The number of carbonyl (C=O) groups is 1. The highest BCUT2D eigenvalue weighted by Gasteiger charge is 2.29. The number of nitrogens with one attached hydrogen (secondary N) is 2. The van der Waals surface area contributed by atoms with Crippen LogP contribution in [0.5, 0.6) is 0 Å². The van der Waals surface area contributed by atoms with Gasteiger partial charge in [-0.25, -0.2) is 9.07 Å². The van der Waals surface area contributed by atoms with Crippen molar-refractivity contribution in [2.75, 3.05) is 10.6 Å². The van der Waals surface area contributed by atoms with Gasteiger partial charge >= 0.3 is 0 Å². The lowest BCUT2D eigenvalue weighted by Crippen LogP contribution is -2.21. The van der Waals surface area contributed by atoms with Gasteiger partial charge in [-0.3, -0.25) is 10.1 Å². The van der Waals surface area contributed by atoms with Gasteiger partial charge in [-0.05, 0) is 35.9 Å². The number of benzene rings is 2. The number of fused-ring (bicyclic) bond motifs is 1. The highest BCUT2D eigenvalue weighted by Crippen LogP contribution is 2.37. The fraction of sp³-hybridized carbons (Fsp3) is 0.105. The minimum Gasteiger partial charge on any atom is -0.324 e. The minimum absolute atomic E-state index is 0.109. The lowest BCUT2D eigenvalue weighted by atomic mass is 10.0. The molecule has 1 aliphatic rings. The van der Waals surface area contributed by atoms with Crippen LogP contribution in [-0.4, -0.2) is 20.7 Å². The van der Waals surface area contributed by atoms with E-state index in [1.807, 2.05) is 12.1 Å². The van der Waals surface area contributed by atoms with Crippen LogP contribution in [0.3, 0.4) is 0 Å². The van der Waals surface area contributed by atoms with Gasteiger partial charge < -0.3 is 5.32 Å². The number of anilines is 2. The molecule has 1 aliphatic heterocycles. The Bertz CT molecular complexity index is 1070. The maximum Gasteiger partial charge on any atom is 0.250 e. The number of aromatic nitrogens is 3. The van der Waals surface area contributed by atoms with E-state index in [1.165, 1.54) is 23.7 Å². The van der Waals surface area contributed by atoms with Crippen molar-refractivity contribution in [3.8, 4) is 0 Å². The number of hydrogen-bond acceptors (Lipinski definition) is 4. The number of carbonyl (C=O) groups excluding carboxylic acids is 1. The third-order valence-corrected chi connectivity index (χ3v) is 4.79. The molecule has 142 valence electrons. The normalized spacial score (nSPS) is 15.4. The summed E-state index contributed by atoms with van der Waals surface area (Å²) in [6.45, 7) is 1.36. The molecule has 2 heterocycles. The highest BCUT2D eigenvalue weighted by atomic mass is 35.5. The molecule has 1 aromatic heterocycles. The van der Waals surface area contributed by atoms with Crippen LogP contribution < -0.4 is 10.6 Å². The van der Waals surface area contributed by atoms with E-state index in [1.54, 1.807) is 24.3 Å². The Morgan fingerprint density at radius 2 is 1.96 bits per heavy atom. The van der Waals surface area contributed by atoms with E-state index in [9.17, 15) is 9.18 Å². The van der Waals surface area contributed by atoms with Gasteiger partial charge in [0.1, 0.15) is 11.9 Å². The average molecular weight is 418 g/mol. The first-order valence-electron chi connectivity index (χ1n) is 8.35. The quantitative estimate of drug-likeness (QED) is 0.645. The van der Waals surface area contributed by atoms with E-state index in [2.05, 4.69) is 20.7 Å². The van der Waals surface area contributed by atoms with E-state index in [-0.39, 0.29) is 22.4 Å². The Hall–Kier alpha value is -2.90. The standard InChI is InChI=1S/C19H14Cl2FN5O/c1-10(28)23-18-25-19-24-15(11-5-7-12(20)8-6-11)9-16(27(19)26-18)17-13(21)3-2-4-14(17)22/h2-9,16H,1H3,(H2,23,24,25,26,28). The fourth-order valence-electron chi connectivity index (χ4n) is 3.00. The molecule has 0 saturated heterocycles. The average Bonchev–Trinajstić information content (AvgIpc) is 3.03. The predicted octanol–water partition coefficient (Wildman–Crippen LogP) is 4.74. The molecule has 0 radical (unpaired) electrons. The minimum atomic E-state index is -0.661. The molecule has 0 fully saturated rings. The highest BCUT2D eigenvalue weighted by molar-refractivity contribution is 6.31. The zero-order valence-electron chi connectivity index (χ0n) is 14.6. The Morgan fingerprint density at radius 1 is 1.21 bits per heavy atom. The van der Waals surface area contributed by atoms with Crippen molar-refractivity contribution in [2.45, 2.75) is 13.0 Å². The second-order valence-corrected chi connectivity index (χ2v) is 7.02. The third-order valence-electron chi connectivity index (χ3n) is 4.20. The maximum atomic E-state index is 14.6. The largest absolute Gasteiger partial charge is 0.324 e. The lowest BCUT2D eigenvalue weighted by molar-refractivity contribution is -0.114. The number of hydrogen-bond donors (Lipinski definition) is 2. The Morgan fingerprint density at radius 3 is 2.64 bits per heavy atom. The van der Waals surface area contributed by atoms with Gasteiger partial charge in [0.2, 0.25) is 11.9 Å².